The normalized spacial score (nSPS) is 14.4. The van der Waals surface area contributed by atoms with Crippen molar-refractivity contribution in [2.75, 3.05) is 5.32 Å². The molecule has 122 valence electrons. The SMILES string of the molecule is Cc1c(CNS(=O)(=O)c2ccc3c(c2)CCC(=O)N3)cnn1C. The molecular weight excluding hydrogens is 316 g/mol. The van der Waals surface area contributed by atoms with E-state index in [1.807, 2.05) is 14.0 Å². The Labute approximate surface area is 134 Å². The second kappa shape index (κ2) is 5.78. The van der Waals surface area contributed by atoms with Crippen molar-refractivity contribution in [1.82, 2.24) is 14.5 Å². The van der Waals surface area contributed by atoms with Crippen LogP contribution in [0.4, 0.5) is 5.69 Å². The van der Waals surface area contributed by atoms with Crippen LogP contribution < -0.4 is 10.0 Å². The highest BCUT2D eigenvalue weighted by atomic mass is 32.2. The number of hydrogen-bond acceptors (Lipinski definition) is 4. The van der Waals surface area contributed by atoms with Crippen LogP contribution in [0.2, 0.25) is 0 Å². The highest BCUT2D eigenvalue weighted by Gasteiger charge is 2.20. The van der Waals surface area contributed by atoms with Gasteiger partial charge in [-0.3, -0.25) is 9.48 Å². The molecule has 1 aromatic carbocycles. The van der Waals surface area contributed by atoms with Gasteiger partial charge in [-0.15, -0.1) is 0 Å². The Kier molecular flexibility index (Phi) is 3.95. The third kappa shape index (κ3) is 3.13. The van der Waals surface area contributed by atoms with E-state index < -0.39 is 10.0 Å². The maximum atomic E-state index is 12.4. The summed E-state index contributed by atoms with van der Waals surface area (Å²) in [6.07, 6.45) is 2.57. The fraction of sp³-hybridized carbons (Fsp3) is 0.333. The molecule has 8 heteroatoms. The van der Waals surface area contributed by atoms with E-state index in [0.29, 0.717) is 18.5 Å². The predicted octanol–water partition coefficient (Wildman–Crippen LogP) is 1.09. The zero-order valence-electron chi connectivity index (χ0n) is 13.0. The summed E-state index contributed by atoms with van der Waals surface area (Å²) in [7, 11) is -1.80. The molecule has 2 heterocycles. The van der Waals surface area contributed by atoms with Crippen LogP contribution in [0.5, 0.6) is 0 Å². The number of sulfonamides is 1. The molecule has 1 amide bonds. The minimum absolute atomic E-state index is 0.0433. The third-order valence-corrected chi connectivity index (χ3v) is 5.47. The first kappa shape index (κ1) is 15.7. The zero-order valence-corrected chi connectivity index (χ0v) is 13.8. The standard InChI is InChI=1S/C15H18N4O3S/c1-10-12(8-16-19(10)2)9-17-23(21,22)13-4-5-14-11(7-13)3-6-15(20)18-14/h4-5,7-8,17H,3,6,9H2,1-2H3,(H,18,20). The number of hydrogen-bond donors (Lipinski definition) is 2. The van der Waals surface area contributed by atoms with Crippen LogP contribution in [0.25, 0.3) is 0 Å². The predicted molar refractivity (Wildman–Crippen MR) is 85.4 cm³/mol. The summed E-state index contributed by atoms with van der Waals surface area (Å²) in [5, 5.41) is 6.84. The Bertz CT molecular complexity index is 871. The van der Waals surface area contributed by atoms with E-state index in [1.54, 1.807) is 23.0 Å². The molecule has 1 aliphatic heterocycles. The number of nitrogens with one attached hydrogen (secondary N) is 2. The maximum Gasteiger partial charge on any atom is 0.240 e. The van der Waals surface area contributed by atoms with Gasteiger partial charge >= 0.3 is 0 Å². The van der Waals surface area contributed by atoms with Crippen molar-refractivity contribution in [3.05, 3.63) is 41.2 Å². The van der Waals surface area contributed by atoms with Crippen LogP contribution in [0.15, 0.2) is 29.3 Å². The Hall–Kier alpha value is -2.19. The van der Waals surface area contributed by atoms with E-state index in [2.05, 4.69) is 15.1 Å². The molecular formula is C15H18N4O3S. The molecule has 3 rings (SSSR count). The highest BCUT2D eigenvalue weighted by molar-refractivity contribution is 7.89. The molecule has 2 aromatic rings. The lowest BCUT2D eigenvalue weighted by molar-refractivity contribution is -0.116. The van der Waals surface area contributed by atoms with E-state index >= 15 is 0 Å². The molecule has 2 N–H and O–H groups in total. The van der Waals surface area contributed by atoms with Crippen molar-refractivity contribution in [3.63, 3.8) is 0 Å². The maximum absolute atomic E-state index is 12.4. The van der Waals surface area contributed by atoms with E-state index in [1.165, 1.54) is 6.07 Å². The molecule has 0 saturated carbocycles. The van der Waals surface area contributed by atoms with Gasteiger partial charge in [-0.25, -0.2) is 13.1 Å². The Morgan fingerprint density at radius 1 is 1.35 bits per heavy atom. The summed E-state index contributed by atoms with van der Waals surface area (Å²) in [4.78, 5) is 11.6. The fourth-order valence-electron chi connectivity index (χ4n) is 2.50. The number of anilines is 1. The van der Waals surface area contributed by atoms with Crippen LogP contribution in [0.3, 0.4) is 0 Å². The van der Waals surface area contributed by atoms with Gasteiger partial charge in [-0.2, -0.15) is 5.10 Å². The summed E-state index contributed by atoms with van der Waals surface area (Å²) in [6, 6.07) is 4.76. The number of amides is 1. The van der Waals surface area contributed by atoms with Crippen LogP contribution in [-0.4, -0.2) is 24.1 Å². The van der Waals surface area contributed by atoms with Crippen molar-refractivity contribution in [3.8, 4) is 0 Å². The first-order valence-electron chi connectivity index (χ1n) is 7.27. The van der Waals surface area contributed by atoms with E-state index in [4.69, 9.17) is 0 Å². The van der Waals surface area contributed by atoms with Crippen LogP contribution in [-0.2, 0) is 34.8 Å². The number of nitrogens with zero attached hydrogens (tertiary/aromatic N) is 2. The fourth-order valence-corrected chi connectivity index (χ4v) is 3.56. The van der Waals surface area contributed by atoms with E-state index in [9.17, 15) is 13.2 Å². The minimum Gasteiger partial charge on any atom is -0.326 e. The average Bonchev–Trinajstić information content (AvgIpc) is 2.84. The topological polar surface area (TPSA) is 93.1 Å². The molecule has 0 aliphatic carbocycles. The van der Waals surface area contributed by atoms with Crippen LogP contribution in [0.1, 0.15) is 23.2 Å². The number of rotatable bonds is 4. The Balaban J connectivity index is 1.80. The van der Waals surface area contributed by atoms with E-state index in [0.717, 1.165) is 16.8 Å². The van der Waals surface area contributed by atoms with E-state index in [-0.39, 0.29) is 17.3 Å². The van der Waals surface area contributed by atoms with Gasteiger partial charge < -0.3 is 5.32 Å². The summed E-state index contributed by atoms with van der Waals surface area (Å²) in [5.74, 6) is -0.0433. The lowest BCUT2D eigenvalue weighted by atomic mass is 10.0. The number of carbonyl (C=O) groups is 1. The molecule has 0 radical (unpaired) electrons. The van der Waals surface area contributed by atoms with Crippen molar-refractivity contribution in [2.24, 2.45) is 7.05 Å². The van der Waals surface area contributed by atoms with Crippen molar-refractivity contribution in [2.45, 2.75) is 31.2 Å². The number of aryl methyl sites for hydroxylation is 2. The van der Waals surface area contributed by atoms with Gasteiger partial charge in [0.15, 0.2) is 0 Å². The Morgan fingerprint density at radius 2 is 2.13 bits per heavy atom. The first-order chi connectivity index (χ1) is 10.9. The zero-order chi connectivity index (χ0) is 16.6. The van der Waals surface area contributed by atoms with Gasteiger partial charge in [0.2, 0.25) is 15.9 Å². The van der Waals surface area contributed by atoms with Crippen molar-refractivity contribution < 1.29 is 13.2 Å². The highest BCUT2D eigenvalue weighted by Crippen LogP contribution is 2.25. The van der Waals surface area contributed by atoms with Crippen molar-refractivity contribution >= 4 is 21.6 Å². The monoisotopic (exact) mass is 334 g/mol. The smallest absolute Gasteiger partial charge is 0.240 e. The first-order valence-corrected chi connectivity index (χ1v) is 8.75. The number of aromatic nitrogens is 2. The van der Waals surface area contributed by atoms with Gasteiger partial charge in [-0.1, -0.05) is 0 Å². The third-order valence-electron chi connectivity index (χ3n) is 4.07. The largest absolute Gasteiger partial charge is 0.326 e. The minimum atomic E-state index is -3.61. The number of fused-ring (bicyclic) bond motifs is 1. The summed E-state index contributed by atoms with van der Waals surface area (Å²) in [5.41, 5.74) is 3.27. The molecule has 1 aliphatic rings. The van der Waals surface area contributed by atoms with Gasteiger partial charge in [0.1, 0.15) is 0 Å². The molecule has 23 heavy (non-hydrogen) atoms. The quantitative estimate of drug-likeness (QED) is 0.875. The van der Waals surface area contributed by atoms with Gasteiger partial charge in [0.05, 0.1) is 11.1 Å². The lowest BCUT2D eigenvalue weighted by Gasteiger charge is -2.17. The molecule has 0 unspecified atom stereocenters. The van der Waals surface area contributed by atoms with Crippen LogP contribution >= 0.6 is 0 Å². The second-order valence-corrected chi connectivity index (χ2v) is 7.34. The van der Waals surface area contributed by atoms with Crippen molar-refractivity contribution in [1.29, 1.82) is 0 Å². The molecule has 0 spiro atoms. The second-order valence-electron chi connectivity index (χ2n) is 5.57. The van der Waals surface area contributed by atoms with Gasteiger partial charge in [-0.05, 0) is 37.1 Å². The number of carbonyl (C=O) groups excluding carboxylic acids is 1. The molecule has 0 atom stereocenters. The average molecular weight is 334 g/mol. The molecule has 0 saturated heterocycles. The summed E-state index contributed by atoms with van der Waals surface area (Å²) in [6.45, 7) is 2.08. The lowest BCUT2D eigenvalue weighted by Crippen LogP contribution is -2.24. The van der Waals surface area contributed by atoms with Crippen LogP contribution in [0, 0.1) is 6.92 Å². The molecule has 7 nitrogen and oxygen atoms in total. The number of benzene rings is 1. The summed E-state index contributed by atoms with van der Waals surface area (Å²) < 4.78 is 29.2. The molecule has 1 aromatic heterocycles. The van der Waals surface area contributed by atoms with Gasteiger partial charge in [0, 0.05) is 37.0 Å². The molecule has 0 fully saturated rings. The summed E-state index contributed by atoms with van der Waals surface area (Å²) >= 11 is 0. The Morgan fingerprint density at radius 3 is 2.83 bits per heavy atom. The van der Waals surface area contributed by atoms with Gasteiger partial charge in [0.25, 0.3) is 0 Å². The molecule has 0 bridgehead atoms.